The highest BCUT2D eigenvalue weighted by Crippen LogP contribution is 2.30. The zero-order valence-electron chi connectivity index (χ0n) is 13.5. The Balaban J connectivity index is 1.57. The van der Waals surface area contributed by atoms with Gasteiger partial charge in [-0.1, -0.05) is 35.6 Å². The first-order valence-electron chi connectivity index (χ1n) is 8.22. The molecular weight excluding hydrogens is 318 g/mol. The van der Waals surface area contributed by atoms with E-state index >= 15 is 0 Å². The van der Waals surface area contributed by atoms with E-state index < -0.39 is 0 Å². The maximum absolute atomic E-state index is 12.8. The van der Waals surface area contributed by atoms with E-state index in [-0.39, 0.29) is 11.9 Å². The van der Waals surface area contributed by atoms with Crippen LogP contribution in [-0.2, 0) is 6.42 Å². The van der Waals surface area contributed by atoms with Crippen LogP contribution in [-0.4, -0.2) is 15.5 Å². The number of thiazole rings is 1. The van der Waals surface area contributed by atoms with E-state index in [1.165, 1.54) is 22.5 Å². The van der Waals surface area contributed by atoms with Crippen molar-refractivity contribution in [1.29, 1.82) is 0 Å². The van der Waals surface area contributed by atoms with Gasteiger partial charge in [-0.25, -0.2) is 4.98 Å². The molecule has 0 bridgehead atoms. The minimum atomic E-state index is -0.0230. The molecule has 0 radical (unpaired) electrons. The number of nitrogens with zero attached hydrogens (tertiary/aromatic N) is 2. The molecule has 122 valence electrons. The molecular formula is C19H19N3OS. The van der Waals surface area contributed by atoms with Gasteiger partial charge in [-0.2, -0.15) is 0 Å². The number of hydrogen-bond acceptors (Lipinski definition) is 3. The summed E-state index contributed by atoms with van der Waals surface area (Å²) < 4.78 is 1.93. The van der Waals surface area contributed by atoms with Crippen LogP contribution in [0.5, 0.6) is 0 Å². The lowest BCUT2D eigenvalue weighted by molar-refractivity contribution is 0.0936. The lowest BCUT2D eigenvalue weighted by Crippen LogP contribution is -2.30. The number of fused-ring (bicyclic) bond motifs is 1. The molecule has 1 unspecified atom stereocenters. The molecule has 1 aliphatic carbocycles. The summed E-state index contributed by atoms with van der Waals surface area (Å²) in [6.07, 6.45) is 7.08. The third-order valence-corrected chi connectivity index (χ3v) is 5.66. The Morgan fingerprint density at radius 2 is 2.04 bits per heavy atom. The second-order valence-electron chi connectivity index (χ2n) is 6.12. The molecule has 0 aliphatic heterocycles. The van der Waals surface area contributed by atoms with Crippen LogP contribution in [0, 0.1) is 6.92 Å². The Morgan fingerprint density at radius 1 is 1.25 bits per heavy atom. The van der Waals surface area contributed by atoms with Crippen molar-refractivity contribution in [1.82, 2.24) is 14.9 Å². The van der Waals surface area contributed by atoms with Crippen LogP contribution in [0.4, 0.5) is 0 Å². The molecule has 24 heavy (non-hydrogen) atoms. The normalized spacial score (nSPS) is 16.6. The van der Waals surface area contributed by atoms with Gasteiger partial charge in [0.25, 0.3) is 5.91 Å². The first kappa shape index (κ1) is 15.1. The predicted octanol–water partition coefficient (Wildman–Crippen LogP) is 4.05. The van der Waals surface area contributed by atoms with Crippen molar-refractivity contribution in [2.75, 3.05) is 0 Å². The molecule has 0 saturated carbocycles. The van der Waals surface area contributed by atoms with Gasteiger partial charge < -0.3 is 9.88 Å². The highest BCUT2D eigenvalue weighted by atomic mass is 32.1. The van der Waals surface area contributed by atoms with Crippen molar-refractivity contribution < 1.29 is 4.79 Å². The summed E-state index contributed by atoms with van der Waals surface area (Å²) in [6, 6.07) is 12.4. The summed E-state index contributed by atoms with van der Waals surface area (Å²) in [4.78, 5) is 18.0. The summed E-state index contributed by atoms with van der Waals surface area (Å²) in [6.45, 7) is 1.90. The van der Waals surface area contributed by atoms with E-state index in [2.05, 4.69) is 28.5 Å². The Bertz CT molecular complexity index is 867. The number of benzene rings is 1. The summed E-state index contributed by atoms with van der Waals surface area (Å²) in [5.41, 5.74) is 3.39. The van der Waals surface area contributed by atoms with Crippen molar-refractivity contribution in [2.45, 2.75) is 32.2 Å². The molecule has 1 atom stereocenters. The minimum absolute atomic E-state index is 0.0230. The van der Waals surface area contributed by atoms with Crippen molar-refractivity contribution in [3.8, 4) is 5.13 Å². The van der Waals surface area contributed by atoms with Crippen LogP contribution in [0.25, 0.3) is 5.13 Å². The molecule has 1 aliphatic rings. The lowest BCUT2D eigenvalue weighted by Gasteiger charge is -2.26. The Morgan fingerprint density at radius 3 is 2.88 bits per heavy atom. The fraction of sp³-hybridized carbons (Fsp3) is 0.263. The van der Waals surface area contributed by atoms with E-state index in [1.54, 1.807) is 0 Å². The third-order valence-electron chi connectivity index (χ3n) is 4.49. The van der Waals surface area contributed by atoms with E-state index in [0.29, 0.717) is 4.88 Å². The Hall–Kier alpha value is -2.40. The van der Waals surface area contributed by atoms with Gasteiger partial charge in [0.05, 0.1) is 11.7 Å². The molecule has 4 rings (SSSR count). The number of aryl methyl sites for hydroxylation is 2. The second kappa shape index (κ2) is 6.24. The standard InChI is InChI=1S/C19H19N3OS/c1-13-17(24-19(20-13)22-11-4-5-12-22)18(23)21-16-10-6-8-14-7-2-3-9-15(14)16/h2-5,7,9,11-12,16H,6,8,10H2,1H3,(H,21,23). The molecule has 0 spiro atoms. The fourth-order valence-electron chi connectivity index (χ4n) is 3.29. The van der Waals surface area contributed by atoms with Crippen molar-refractivity contribution in [3.05, 3.63) is 70.5 Å². The van der Waals surface area contributed by atoms with Gasteiger partial charge in [-0.05, 0) is 49.4 Å². The molecule has 1 N–H and O–H groups in total. The van der Waals surface area contributed by atoms with Crippen molar-refractivity contribution in [3.63, 3.8) is 0 Å². The van der Waals surface area contributed by atoms with Gasteiger partial charge in [0.2, 0.25) is 0 Å². The average molecular weight is 337 g/mol. The topological polar surface area (TPSA) is 46.9 Å². The zero-order chi connectivity index (χ0) is 16.5. The SMILES string of the molecule is Cc1nc(-n2cccc2)sc1C(=O)NC1CCCc2ccccc21. The van der Waals surface area contributed by atoms with Crippen LogP contribution in [0.1, 0.15) is 45.4 Å². The van der Waals surface area contributed by atoms with Gasteiger partial charge in [-0.15, -0.1) is 0 Å². The number of nitrogens with one attached hydrogen (secondary N) is 1. The van der Waals surface area contributed by atoms with Crippen LogP contribution in [0.3, 0.4) is 0 Å². The number of aromatic nitrogens is 2. The molecule has 0 fully saturated rings. The maximum atomic E-state index is 12.8. The summed E-state index contributed by atoms with van der Waals surface area (Å²) >= 11 is 1.44. The monoisotopic (exact) mass is 337 g/mol. The quantitative estimate of drug-likeness (QED) is 0.784. The molecule has 2 aromatic heterocycles. The Labute approximate surface area is 145 Å². The predicted molar refractivity (Wildman–Crippen MR) is 95.8 cm³/mol. The first-order chi connectivity index (χ1) is 11.7. The van der Waals surface area contributed by atoms with Gasteiger partial charge in [-0.3, -0.25) is 4.79 Å². The highest BCUT2D eigenvalue weighted by Gasteiger charge is 2.24. The van der Waals surface area contributed by atoms with E-state index in [4.69, 9.17) is 0 Å². The summed E-state index contributed by atoms with van der Waals surface area (Å²) in [7, 11) is 0. The highest BCUT2D eigenvalue weighted by molar-refractivity contribution is 7.16. The molecule has 1 aromatic carbocycles. The maximum Gasteiger partial charge on any atom is 0.263 e. The molecule has 5 heteroatoms. The third kappa shape index (κ3) is 2.76. The fourth-order valence-corrected chi connectivity index (χ4v) is 4.23. The number of hydrogen-bond donors (Lipinski definition) is 1. The van der Waals surface area contributed by atoms with Crippen molar-refractivity contribution in [2.24, 2.45) is 0 Å². The molecule has 2 heterocycles. The van der Waals surface area contributed by atoms with Crippen molar-refractivity contribution >= 4 is 17.2 Å². The summed E-state index contributed by atoms with van der Waals surface area (Å²) in [5.74, 6) is -0.0230. The van der Waals surface area contributed by atoms with Crippen LogP contribution in [0.15, 0.2) is 48.8 Å². The summed E-state index contributed by atoms with van der Waals surface area (Å²) in [5, 5.41) is 4.04. The minimum Gasteiger partial charge on any atom is -0.344 e. The first-order valence-corrected chi connectivity index (χ1v) is 9.03. The van der Waals surface area contributed by atoms with Gasteiger partial charge in [0, 0.05) is 12.4 Å². The number of rotatable bonds is 3. The van der Waals surface area contributed by atoms with Gasteiger partial charge in [0.1, 0.15) is 4.88 Å². The van der Waals surface area contributed by atoms with Gasteiger partial charge >= 0.3 is 0 Å². The smallest absolute Gasteiger partial charge is 0.263 e. The van der Waals surface area contributed by atoms with Crippen LogP contribution >= 0.6 is 11.3 Å². The van der Waals surface area contributed by atoms with Crippen LogP contribution < -0.4 is 5.32 Å². The van der Waals surface area contributed by atoms with Gasteiger partial charge in [0.15, 0.2) is 5.13 Å². The van der Waals surface area contributed by atoms with E-state index in [0.717, 1.165) is 30.1 Å². The largest absolute Gasteiger partial charge is 0.344 e. The molecule has 3 aromatic rings. The van der Waals surface area contributed by atoms with Crippen LogP contribution in [0.2, 0.25) is 0 Å². The second-order valence-corrected chi connectivity index (χ2v) is 7.10. The number of carbonyl (C=O) groups is 1. The number of amides is 1. The lowest BCUT2D eigenvalue weighted by atomic mass is 9.88. The molecule has 0 saturated heterocycles. The van der Waals surface area contributed by atoms with E-state index in [9.17, 15) is 4.79 Å². The molecule has 1 amide bonds. The Kier molecular flexibility index (Phi) is 3.94. The van der Waals surface area contributed by atoms with E-state index in [1.807, 2.05) is 42.1 Å². The number of carbonyl (C=O) groups excluding carboxylic acids is 1. The molecule has 4 nitrogen and oxygen atoms in total. The zero-order valence-corrected chi connectivity index (χ0v) is 14.3. The average Bonchev–Trinajstić information content (AvgIpc) is 3.24.